The molecular weight excluding hydrogens is 334 g/mol. The standard InChI is InChI=1S/C19H23N3O2S/c1-12-10-22(11-13(2)24-12)17-6-5-15(9-20-17)21-19(23)18-16(7-8-25-18)14-3-4-14/h5-9,12-14H,3-4,10-11H2,1-2H3,(H,21,23)/t12-,13-/m1/s1. The zero-order valence-corrected chi connectivity index (χ0v) is 15.4. The number of ether oxygens (including phenoxy) is 1. The van der Waals surface area contributed by atoms with Gasteiger partial charge in [0.1, 0.15) is 5.82 Å². The van der Waals surface area contributed by atoms with Crippen molar-refractivity contribution in [1.82, 2.24) is 4.98 Å². The summed E-state index contributed by atoms with van der Waals surface area (Å²) in [7, 11) is 0. The van der Waals surface area contributed by atoms with Crippen LogP contribution in [0.4, 0.5) is 11.5 Å². The highest BCUT2D eigenvalue weighted by Gasteiger charge is 2.29. The summed E-state index contributed by atoms with van der Waals surface area (Å²) in [6.45, 7) is 5.83. The maximum absolute atomic E-state index is 12.5. The number of anilines is 2. The minimum Gasteiger partial charge on any atom is -0.372 e. The fourth-order valence-corrected chi connectivity index (χ4v) is 4.30. The lowest BCUT2D eigenvalue weighted by molar-refractivity contribution is -0.00545. The third-order valence-corrected chi connectivity index (χ3v) is 5.60. The van der Waals surface area contributed by atoms with Crippen molar-refractivity contribution in [3.05, 3.63) is 40.2 Å². The van der Waals surface area contributed by atoms with E-state index in [0.717, 1.165) is 29.5 Å². The molecule has 1 saturated heterocycles. The first-order chi connectivity index (χ1) is 12.1. The van der Waals surface area contributed by atoms with E-state index in [1.807, 2.05) is 17.5 Å². The van der Waals surface area contributed by atoms with Gasteiger partial charge in [-0.1, -0.05) is 0 Å². The average molecular weight is 357 g/mol. The summed E-state index contributed by atoms with van der Waals surface area (Å²) >= 11 is 1.52. The second-order valence-corrected chi connectivity index (χ2v) is 7.92. The van der Waals surface area contributed by atoms with Crippen molar-refractivity contribution in [1.29, 1.82) is 0 Å². The number of carbonyl (C=O) groups is 1. The van der Waals surface area contributed by atoms with Crippen molar-refractivity contribution in [2.24, 2.45) is 0 Å². The van der Waals surface area contributed by atoms with Crippen LogP contribution >= 0.6 is 11.3 Å². The first kappa shape index (κ1) is 16.5. The second kappa shape index (κ2) is 6.77. The Morgan fingerprint density at radius 1 is 1.24 bits per heavy atom. The lowest BCUT2D eigenvalue weighted by atomic mass is 10.1. The smallest absolute Gasteiger partial charge is 0.266 e. The maximum atomic E-state index is 12.5. The molecule has 0 bridgehead atoms. The van der Waals surface area contributed by atoms with Crippen LogP contribution in [0, 0.1) is 0 Å². The van der Waals surface area contributed by atoms with E-state index in [-0.39, 0.29) is 18.1 Å². The highest BCUT2D eigenvalue weighted by Crippen LogP contribution is 2.43. The topological polar surface area (TPSA) is 54.5 Å². The van der Waals surface area contributed by atoms with E-state index >= 15 is 0 Å². The van der Waals surface area contributed by atoms with Crippen LogP contribution in [0.25, 0.3) is 0 Å². The van der Waals surface area contributed by atoms with Crippen LogP contribution < -0.4 is 10.2 Å². The van der Waals surface area contributed by atoms with E-state index in [1.54, 1.807) is 6.20 Å². The minimum atomic E-state index is -0.0277. The fraction of sp³-hybridized carbons (Fsp3) is 0.474. The summed E-state index contributed by atoms with van der Waals surface area (Å²) in [5.41, 5.74) is 1.93. The number of rotatable bonds is 4. The Bertz CT molecular complexity index is 744. The fourth-order valence-electron chi connectivity index (χ4n) is 3.42. The highest BCUT2D eigenvalue weighted by atomic mass is 32.1. The van der Waals surface area contributed by atoms with Crippen LogP contribution in [0.15, 0.2) is 29.8 Å². The molecule has 2 aliphatic rings. The van der Waals surface area contributed by atoms with Crippen LogP contribution in [0.3, 0.4) is 0 Å². The first-order valence-corrected chi connectivity index (χ1v) is 9.73. The minimum absolute atomic E-state index is 0.0277. The molecule has 132 valence electrons. The first-order valence-electron chi connectivity index (χ1n) is 8.85. The monoisotopic (exact) mass is 357 g/mol. The number of nitrogens with zero attached hydrogens (tertiary/aromatic N) is 2. The normalized spacial score (nSPS) is 23.5. The van der Waals surface area contributed by atoms with E-state index in [0.29, 0.717) is 5.92 Å². The van der Waals surface area contributed by atoms with Crippen molar-refractivity contribution in [2.75, 3.05) is 23.3 Å². The highest BCUT2D eigenvalue weighted by molar-refractivity contribution is 7.12. The Balaban J connectivity index is 1.43. The van der Waals surface area contributed by atoms with Crippen molar-refractivity contribution in [2.45, 2.75) is 44.8 Å². The number of hydrogen-bond acceptors (Lipinski definition) is 5. The largest absolute Gasteiger partial charge is 0.372 e. The van der Waals surface area contributed by atoms with Gasteiger partial charge in [-0.05, 0) is 61.7 Å². The molecular formula is C19H23N3O2S. The van der Waals surface area contributed by atoms with E-state index in [2.05, 4.69) is 35.1 Å². The van der Waals surface area contributed by atoms with Crippen LogP contribution in [0.1, 0.15) is 47.8 Å². The summed E-state index contributed by atoms with van der Waals surface area (Å²) < 4.78 is 5.77. The predicted octanol–water partition coefficient (Wildman–Crippen LogP) is 3.89. The summed E-state index contributed by atoms with van der Waals surface area (Å²) in [6.07, 6.45) is 4.53. The number of thiophene rings is 1. The van der Waals surface area contributed by atoms with Gasteiger partial charge in [-0.2, -0.15) is 0 Å². The Hall–Kier alpha value is -1.92. The molecule has 2 fully saturated rings. The van der Waals surface area contributed by atoms with Crippen LogP contribution in [0.5, 0.6) is 0 Å². The average Bonchev–Trinajstić information content (AvgIpc) is 3.31. The van der Waals surface area contributed by atoms with Gasteiger partial charge in [0.15, 0.2) is 0 Å². The van der Waals surface area contributed by atoms with Crippen molar-refractivity contribution in [3.8, 4) is 0 Å². The molecule has 2 atom stereocenters. The lowest BCUT2D eigenvalue weighted by Crippen LogP contribution is -2.45. The van der Waals surface area contributed by atoms with E-state index in [4.69, 9.17) is 4.74 Å². The molecule has 3 heterocycles. The van der Waals surface area contributed by atoms with Crippen LogP contribution in [0.2, 0.25) is 0 Å². The number of amides is 1. The zero-order chi connectivity index (χ0) is 17.4. The van der Waals surface area contributed by atoms with E-state index in [1.165, 1.54) is 29.7 Å². The van der Waals surface area contributed by atoms with E-state index in [9.17, 15) is 4.79 Å². The van der Waals surface area contributed by atoms with E-state index < -0.39 is 0 Å². The molecule has 1 aliphatic heterocycles. The molecule has 0 spiro atoms. The third kappa shape index (κ3) is 3.70. The Morgan fingerprint density at radius 3 is 2.64 bits per heavy atom. The molecule has 1 N–H and O–H groups in total. The van der Waals surface area contributed by atoms with Gasteiger partial charge in [0.2, 0.25) is 0 Å². The van der Waals surface area contributed by atoms with Gasteiger partial charge in [-0.15, -0.1) is 11.3 Å². The molecule has 1 saturated carbocycles. The number of morpholine rings is 1. The number of aromatic nitrogens is 1. The van der Waals surface area contributed by atoms with Crippen molar-refractivity contribution < 1.29 is 9.53 Å². The predicted molar refractivity (Wildman–Crippen MR) is 101 cm³/mol. The third-order valence-electron chi connectivity index (χ3n) is 4.67. The van der Waals surface area contributed by atoms with Gasteiger partial charge in [0.25, 0.3) is 5.91 Å². The summed E-state index contributed by atoms with van der Waals surface area (Å²) in [6, 6.07) is 5.98. The van der Waals surface area contributed by atoms with Gasteiger partial charge in [-0.3, -0.25) is 4.79 Å². The SMILES string of the molecule is C[C@@H]1CN(c2ccc(NC(=O)c3sccc3C3CC3)cn2)C[C@@H](C)O1. The Kier molecular flexibility index (Phi) is 4.48. The number of pyridine rings is 1. The molecule has 5 nitrogen and oxygen atoms in total. The van der Waals surface area contributed by atoms with Gasteiger partial charge < -0.3 is 15.0 Å². The van der Waals surface area contributed by atoms with Gasteiger partial charge in [-0.25, -0.2) is 4.98 Å². The molecule has 0 unspecified atom stereocenters. The van der Waals surface area contributed by atoms with Crippen LogP contribution in [-0.2, 0) is 4.74 Å². The van der Waals surface area contributed by atoms with Gasteiger partial charge in [0.05, 0.1) is 29.0 Å². The molecule has 0 aromatic carbocycles. The number of hydrogen-bond donors (Lipinski definition) is 1. The summed E-state index contributed by atoms with van der Waals surface area (Å²) in [5.74, 6) is 1.48. The molecule has 2 aromatic rings. The van der Waals surface area contributed by atoms with Crippen molar-refractivity contribution in [3.63, 3.8) is 0 Å². The summed E-state index contributed by atoms with van der Waals surface area (Å²) in [4.78, 5) is 20.1. The molecule has 1 amide bonds. The zero-order valence-electron chi connectivity index (χ0n) is 14.6. The number of nitrogens with one attached hydrogen (secondary N) is 1. The quantitative estimate of drug-likeness (QED) is 0.902. The van der Waals surface area contributed by atoms with Crippen LogP contribution in [-0.4, -0.2) is 36.2 Å². The van der Waals surface area contributed by atoms with Gasteiger partial charge in [0, 0.05) is 13.1 Å². The molecule has 2 aromatic heterocycles. The molecule has 4 rings (SSSR count). The van der Waals surface area contributed by atoms with Gasteiger partial charge >= 0.3 is 0 Å². The summed E-state index contributed by atoms with van der Waals surface area (Å²) in [5, 5.41) is 4.99. The second-order valence-electron chi connectivity index (χ2n) is 7.00. The Labute approximate surface area is 152 Å². The molecule has 25 heavy (non-hydrogen) atoms. The molecule has 6 heteroatoms. The molecule has 1 aliphatic carbocycles. The number of carbonyl (C=O) groups excluding carboxylic acids is 1. The lowest BCUT2D eigenvalue weighted by Gasteiger charge is -2.36. The van der Waals surface area contributed by atoms with Crippen molar-refractivity contribution >= 4 is 28.7 Å². The molecule has 0 radical (unpaired) electrons. The maximum Gasteiger partial charge on any atom is 0.266 e. The Morgan fingerprint density at radius 2 is 2.00 bits per heavy atom.